The van der Waals surface area contributed by atoms with Crippen molar-refractivity contribution in [3.05, 3.63) is 18.1 Å². The maximum Gasteiger partial charge on any atom is 0.219 e. The molecule has 7 heteroatoms. The van der Waals surface area contributed by atoms with Crippen LogP contribution in [0.2, 0.25) is 0 Å². The van der Waals surface area contributed by atoms with E-state index in [1.165, 1.54) is 0 Å². The lowest BCUT2D eigenvalue weighted by Gasteiger charge is -2.12. The van der Waals surface area contributed by atoms with E-state index in [0.29, 0.717) is 19.6 Å². The van der Waals surface area contributed by atoms with Crippen LogP contribution in [0.3, 0.4) is 0 Å². The predicted molar refractivity (Wildman–Crippen MR) is 74.0 cm³/mol. The zero-order valence-corrected chi connectivity index (χ0v) is 11.5. The second-order valence-corrected chi connectivity index (χ2v) is 5.08. The third kappa shape index (κ3) is 2.14. The monoisotopic (exact) mass is 274 g/mol. The van der Waals surface area contributed by atoms with Gasteiger partial charge in [-0.3, -0.25) is 4.79 Å². The molecule has 0 bridgehead atoms. The van der Waals surface area contributed by atoms with Crippen LogP contribution in [-0.2, 0) is 11.3 Å². The number of aromatic nitrogens is 4. The SMILES string of the molecule is CC(=O)N1CC[C@@H](c2nn(CCN)c3nccnc23)C1. The smallest absolute Gasteiger partial charge is 0.219 e. The Labute approximate surface area is 116 Å². The Hall–Kier alpha value is -2.02. The van der Waals surface area contributed by atoms with Crippen molar-refractivity contribution in [1.82, 2.24) is 24.6 Å². The molecule has 0 aromatic carbocycles. The maximum atomic E-state index is 11.4. The summed E-state index contributed by atoms with van der Waals surface area (Å²) in [5.74, 6) is 0.349. The van der Waals surface area contributed by atoms with Gasteiger partial charge in [0, 0.05) is 44.9 Å². The number of likely N-dealkylation sites (tertiary alicyclic amines) is 1. The molecule has 1 aliphatic heterocycles. The molecule has 1 saturated heterocycles. The van der Waals surface area contributed by atoms with Crippen molar-refractivity contribution in [2.45, 2.75) is 25.8 Å². The van der Waals surface area contributed by atoms with Crippen molar-refractivity contribution in [1.29, 1.82) is 0 Å². The molecule has 106 valence electrons. The highest BCUT2D eigenvalue weighted by Crippen LogP contribution is 2.30. The summed E-state index contributed by atoms with van der Waals surface area (Å²) in [4.78, 5) is 22.1. The summed E-state index contributed by atoms with van der Waals surface area (Å²) in [6.45, 7) is 4.23. The Kier molecular flexibility index (Phi) is 3.35. The van der Waals surface area contributed by atoms with Crippen LogP contribution >= 0.6 is 0 Å². The number of hydrogen-bond donors (Lipinski definition) is 1. The fraction of sp³-hybridized carbons (Fsp3) is 0.538. The zero-order chi connectivity index (χ0) is 14.1. The largest absolute Gasteiger partial charge is 0.342 e. The van der Waals surface area contributed by atoms with E-state index in [-0.39, 0.29) is 11.8 Å². The standard InChI is InChI=1S/C13H18N6O/c1-9(20)18-6-2-10(8-18)11-12-13(16-5-4-15-12)19(17-11)7-3-14/h4-5,10H,2-3,6-8,14H2,1H3/t10-/m1/s1. The van der Waals surface area contributed by atoms with Gasteiger partial charge < -0.3 is 10.6 Å². The molecule has 0 unspecified atom stereocenters. The molecule has 20 heavy (non-hydrogen) atoms. The van der Waals surface area contributed by atoms with Gasteiger partial charge in [-0.05, 0) is 6.42 Å². The number of carbonyl (C=O) groups excluding carboxylic acids is 1. The second kappa shape index (κ2) is 5.16. The molecule has 2 aromatic rings. The van der Waals surface area contributed by atoms with Crippen LogP contribution in [0.15, 0.2) is 12.4 Å². The van der Waals surface area contributed by atoms with Gasteiger partial charge in [-0.2, -0.15) is 5.10 Å². The van der Waals surface area contributed by atoms with E-state index < -0.39 is 0 Å². The fourth-order valence-corrected chi connectivity index (χ4v) is 2.75. The molecule has 0 spiro atoms. The van der Waals surface area contributed by atoms with Crippen LogP contribution in [0.25, 0.3) is 11.2 Å². The summed E-state index contributed by atoms with van der Waals surface area (Å²) < 4.78 is 1.81. The van der Waals surface area contributed by atoms with Crippen LogP contribution in [0.5, 0.6) is 0 Å². The minimum atomic E-state index is 0.115. The summed E-state index contributed by atoms with van der Waals surface area (Å²) in [5, 5.41) is 4.63. The molecule has 2 N–H and O–H groups in total. The highest BCUT2D eigenvalue weighted by Gasteiger charge is 2.29. The maximum absolute atomic E-state index is 11.4. The molecular weight excluding hydrogens is 256 g/mol. The quantitative estimate of drug-likeness (QED) is 0.858. The summed E-state index contributed by atoms with van der Waals surface area (Å²) in [6, 6.07) is 0. The average molecular weight is 274 g/mol. The first-order valence-corrected chi connectivity index (χ1v) is 6.83. The summed E-state index contributed by atoms with van der Waals surface area (Å²) >= 11 is 0. The van der Waals surface area contributed by atoms with E-state index in [1.807, 2.05) is 9.58 Å². The van der Waals surface area contributed by atoms with Gasteiger partial charge in [0.2, 0.25) is 5.91 Å². The number of fused-ring (bicyclic) bond motifs is 1. The van der Waals surface area contributed by atoms with E-state index in [9.17, 15) is 4.79 Å². The zero-order valence-electron chi connectivity index (χ0n) is 11.5. The Morgan fingerprint density at radius 3 is 2.95 bits per heavy atom. The third-order valence-electron chi connectivity index (χ3n) is 3.76. The Balaban J connectivity index is 1.98. The first-order chi connectivity index (χ1) is 9.70. The van der Waals surface area contributed by atoms with Gasteiger partial charge in [0.1, 0.15) is 5.52 Å². The van der Waals surface area contributed by atoms with E-state index in [1.54, 1.807) is 19.3 Å². The second-order valence-electron chi connectivity index (χ2n) is 5.08. The third-order valence-corrected chi connectivity index (χ3v) is 3.76. The molecule has 7 nitrogen and oxygen atoms in total. The number of carbonyl (C=O) groups is 1. The number of hydrogen-bond acceptors (Lipinski definition) is 5. The Morgan fingerprint density at radius 1 is 1.45 bits per heavy atom. The van der Waals surface area contributed by atoms with E-state index in [0.717, 1.165) is 29.8 Å². The van der Waals surface area contributed by atoms with Gasteiger partial charge in [0.05, 0.1) is 12.2 Å². The minimum Gasteiger partial charge on any atom is -0.342 e. The van der Waals surface area contributed by atoms with Gasteiger partial charge in [-0.15, -0.1) is 0 Å². The molecule has 1 fully saturated rings. The highest BCUT2D eigenvalue weighted by atomic mass is 16.2. The summed E-state index contributed by atoms with van der Waals surface area (Å²) in [7, 11) is 0. The van der Waals surface area contributed by atoms with Crippen LogP contribution in [-0.4, -0.2) is 50.2 Å². The van der Waals surface area contributed by atoms with Gasteiger partial charge in [-0.25, -0.2) is 14.6 Å². The van der Waals surface area contributed by atoms with Crippen LogP contribution in [0.1, 0.15) is 25.0 Å². The summed E-state index contributed by atoms with van der Waals surface area (Å²) in [5.41, 5.74) is 8.15. The molecule has 1 atom stereocenters. The van der Waals surface area contributed by atoms with Crippen molar-refractivity contribution in [2.75, 3.05) is 19.6 Å². The lowest BCUT2D eigenvalue weighted by atomic mass is 10.0. The lowest BCUT2D eigenvalue weighted by molar-refractivity contribution is -0.127. The van der Waals surface area contributed by atoms with Gasteiger partial charge in [0.15, 0.2) is 5.65 Å². The number of nitrogens with two attached hydrogens (primary N) is 1. The molecule has 2 aromatic heterocycles. The fourth-order valence-electron chi connectivity index (χ4n) is 2.75. The molecule has 0 aliphatic carbocycles. The van der Waals surface area contributed by atoms with E-state index >= 15 is 0 Å². The molecular formula is C13H18N6O. The number of rotatable bonds is 3. The van der Waals surface area contributed by atoms with Gasteiger partial charge in [-0.1, -0.05) is 0 Å². The lowest BCUT2D eigenvalue weighted by Crippen LogP contribution is -2.25. The topological polar surface area (TPSA) is 89.9 Å². The predicted octanol–water partition coefficient (Wildman–Crippen LogP) is 0.121. The Morgan fingerprint density at radius 2 is 2.25 bits per heavy atom. The average Bonchev–Trinajstić information content (AvgIpc) is 3.04. The van der Waals surface area contributed by atoms with Crippen molar-refractivity contribution in [2.24, 2.45) is 5.73 Å². The van der Waals surface area contributed by atoms with Gasteiger partial charge >= 0.3 is 0 Å². The summed E-state index contributed by atoms with van der Waals surface area (Å²) in [6.07, 6.45) is 4.26. The molecule has 3 rings (SSSR count). The van der Waals surface area contributed by atoms with Crippen LogP contribution in [0, 0.1) is 0 Å². The molecule has 0 radical (unpaired) electrons. The molecule has 3 heterocycles. The molecule has 0 saturated carbocycles. The van der Waals surface area contributed by atoms with E-state index in [4.69, 9.17) is 5.73 Å². The van der Waals surface area contributed by atoms with Crippen LogP contribution in [0.4, 0.5) is 0 Å². The molecule has 1 aliphatic rings. The van der Waals surface area contributed by atoms with Crippen molar-refractivity contribution < 1.29 is 4.79 Å². The highest BCUT2D eigenvalue weighted by molar-refractivity contribution is 5.75. The van der Waals surface area contributed by atoms with E-state index in [2.05, 4.69) is 15.1 Å². The van der Waals surface area contributed by atoms with Crippen molar-refractivity contribution in [3.8, 4) is 0 Å². The van der Waals surface area contributed by atoms with Crippen molar-refractivity contribution >= 4 is 17.1 Å². The number of amides is 1. The van der Waals surface area contributed by atoms with Gasteiger partial charge in [0.25, 0.3) is 0 Å². The minimum absolute atomic E-state index is 0.115. The Bertz CT molecular complexity index is 637. The number of nitrogens with zero attached hydrogens (tertiary/aromatic N) is 5. The first-order valence-electron chi connectivity index (χ1n) is 6.83. The molecule has 1 amide bonds. The normalized spacial score (nSPS) is 18.9. The first kappa shape index (κ1) is 13.0. The van der Waals surface area contributed by atoms with Crippen LogP contribution < -0.4 is 5.73 Å². The van der Waals surface area contributed by atoms with Crippen molar-refractivity contribution in [3.63, 3.8) is 0 Å².